The van der Waals surface area contributed by atoms with E-state index in [1.807, 2.05) is 0 Å². The lowest BCUT2D eigenvalue weighted by Gasteiger charge is -1.99. The van der Waals surface area contributed by atoms with Crippen LogP contribution in [0.1, 0.15) is 12.0 Å². The van der Waals surface area contributed by atoms with Crippen LogP contribution in [0.25, 0.3) is 0 Å². The van der Waals surface area contributed by atoms with E-state index in [1.165, 1.54) is 18.2 Å². The molecule has 0 aliphatic carbocycles. The van der Waals surface area contributed by atoms with Gasteiger partial charge in [-0.2, -0.15) is 0 Å². The highest BCUT2D eigenvalue weighted by Gasteiger charge is 2.09. The number of benzene rings is 1. The summed E-state index contributed by atoms with van der Waals surface area (Å²) in [5.41, 5.74) is -0.107. The van der Waals surface area contributed by atoms with Crippen molar-refractivity contribution in [3.63, 3.8) is 0 Å². The van der Waals surface area contributed by atoms with Gasteiger partial charge in [-0.25, -0.2) is 8.78 Å². The summed E-state index contributed by atoms with van der Waals surface area (Å²) < 4.78 is 23.9. The number of rotatable bonds is 1. The predicted octanol–water partition coefficient (Wildman–Crippen LogP) is 3.28. The third kappa shape index (κ3) is 1.45. The zero-order valence-electron chi connectivity index (χ0n) is 5.02. The van der Waals surface area contributed by atoms with Gasteiger partial charge in [-0.3, -0.25) is 0 Å². The van der Waals surface area contributed by atoms with Gasteiger partial charge >= 0.3 is 0 Å². The van der Waals surface area contributed by atoms with Gasteiger partial charge in [0.05, 0.1) is 0 Å². The van der Waals surface area contributed by atoms with Crippen LogP contribution in [-0.4, -0.2) is 0 Å². The minimum atomic E-state index is -2.48. The third-order valence-electron chi connectivity index (χ3n) is 1.14. The smallest absolute Gasteiger partial charge is 0.205 e. The second-order valence-corrected chi connectivity index (χ2v) is 2.23. The molecule has 0 spiro atoms. The van der Waals surface area contributed by atoms with E-state index < -0.39 is 6.43 Å². The van der Waals surface area contributed by atoms with Crippen molar-refractivity contribution < 1.29 is 8.78 Å². The molecule has 0 nitrogen and oxygen atoms in total. The molecule has 3 heteroatoms. The van der Waals surface area contributed by atoms with E-state index in [0.29, 0.717) is 0 Å². The number of alkyl halides is 2. The Labute approximate surface area is 62.4 Å². The molecule has 0 saturated heterocycles. The molecule has 1 rings (SSSR count). The van der Waals surface area contributed by atoms with Crippen LogP contribution < -0.4 is 0 Å². The van der Waals surface area contributed by atoms with Crippen LogP contribution in [0.15, 0.2) is 24.3 Å². The lowest BCUT2D eigenvalue weighted by Crippen LogP contribution is -1.83. The van der Waals surface area contributed by atoms with Crippen molar-refractivity contribution in [2.45, 2.75) is 6.43 Å². The summed E-state index contributed by atoms with van der Waals surface area (Å²) >= 11 is 5.44. The average Bonchev–Trinajstić information content (AvgIpc) is 1.88. The van der Waals surface area contributed by atoms with Gasteiger partial charge in [-0.05, 0) is 6.07 Å². The first-order valence-electron chi connectivity index (χ1n) is 2.74. The quantitative estimate of drug-likeness (QED) is 0.595. The monoisotopic (exact) mass is 162 g/mol. The van der Waals surface area contributed by atoms with Crippen molar-refractivity contribution in [1.82, 2.24) is 0 Å². The molecule has 0 atom stereocenters. The largest absolute Gasteiger partial charge is 0.265 e. The average molecular weight is 163 g/mol. The molecule has 0 aromatic heterocycles. The summed E-state index contributed by atoms with van der Waals surface area (Å²) in [6, 6.07) is 5.91. The lowest BCUT2D eigenvalue weighted by atomic mass is 10.2. The van der Waals surface area contributed by atoms with Crippen molar-refractivity contribution in [3.8, 4) is 0 Å². The van der Waals surface area contributed by atoms with Crippen molar-refractivity contribution in [1.29, 1.82) is 0 Å². The molecule has 0 aliphatic heterocycles. The zero-order chi connectivity index (χ0) is 7.56. The maximum Gasteiger partial charge on any atom is 0.265 e. The highest BCUT2D eigenvalue weighted by molar-refractivity contribution is 6.31. The van der Waals surface area contributed by atoms with Gasteiger partial charge in [0.2, 0.25) is 0 Å². The second kappa shape index (κ2) is 2.97. The van der Waals surface area contributed by atoms with Crippen molar-refractivity contribution in [3.05, 3.63) is 34.9 Å². The van der Waals surface area contributed by atoms with E-state index in [4.69, 9.17) is 11.6 Å². The van der Waals surface area contributed by atoms with Crippen LogP contribution in [0.5, 0.6) is 0 Å². The molecule has 0 heterocycles. The number of hydrogen-bond acceptors (Lipinski definition) is 0. The van der Waals surface area contributed by atoms with Gasteiger partial charge in [0.1, 0.15) is 0 Å². The molecule has 0 amide bonds. The van der Waals surface area contributed by atoms with Crippen LogP contribution >= 0.6 is 11.6 Å². The maximum absolute atomic E-state index is 11.9. The Hall–Kier alpha value is -0.630. The normalized spacial score (nSPS) is 10.4. The fourth-order valence-electron chi connectivity index (χ4n) is 0.652. The van der Waals surface area contributed by atoms with Crippen LogP contribution in [0.4, 0.5) is 8.78 Å². The molecule has 0 aliphatic rings. The van der Waals surface area contributed by atoms with Gasteiger partial charge in [-0.15, -0.1) is 0 Å². The van der Waals surface area contributed by atoms with Gasteiger partial charge in [-0.1, -0.05) is 29.8 Å². The fourth-order valence-corrected chi connectivity index (χ4v) is 0.870. The molecule has 10 heavy (non-hydrogen) atoms. The molecule has 0 N–H and O–H groups in total. The molecule has 1 aromatic rings. The summed E-state index contributed by atoms with van der Waals surface area (Å²) in [5.74, 6) is 0. The topological polar surface area (TPSA) is 0 Å². The van der Waals surface area contributed by atoms with E-state index >= 15 is 0 Å². The van der Waals surface area contributed by atoms with Gasteiger partial charge in [0.25, 0.3) is 6.43 Å². The Morgan fingerprint density at radius 1 is 1.20 bits per heavy atom. The van der Waals surface area contributed by atoms with E-state index in [2.05, 4.69) is 0 Å². The summed E-state index contributed by atoms with van der Waals surface area (Å²) in [5, 5.41) is 0.123. The van der Waals surface area contributed by atoms with E-state index in [0.717, 1.165) is 0 Å². The molecular weight excluding hydrogens is 158 g/mol. The van der Waals surface area contributed by atoms with E-state index in [1.54, 1.807) is 6.07 Å². The Morgan fingerprint density at radius 3 is 2.20 bits per heavy atom. The number of halogens is 3. The highest BCUT2D eigenvalue weighted by atomic mass is 35.5. The second-order valence-electron chi connectivity index (χ2n) is 1.82. The minimum absolute atomic E-state index is 0.107. The SMILES string of the molecule is FC(F)c1ccccc1Cl. The fraction of sp³-hybridized carbons (Fsp3) is 0.143. The summed E-state index contributed by atoms with van der Waals surface area (Å²) in [4.78, 5) is 0. The van der Waals surface area contributed by atoms with Crippen LogP contribution in [-0.2, 0) is 0 Å². The zero-order valence-corrected chi connectivity index (χ0v) is 5.78. The standard InChI is InChI=1S/C7H5ClF2/c8-6-4-2-1-3-5(6)7(9)10/h1-4,7H. The molecule has 0 radical (unpaired) electrons. The number of hydrogen-bond donors (Lipinski definition) is 0. The van der Waals surface area contributed by atoms with E-state index in [9.17, 15) is 8.78 Å². The predicted molar refractivity (Wildman–Crippen MR) is 36.4 cm³/mol. The van der Waals surface area contributed by atoms with Crippen LogP contribution in [0.2, 0.25) is 5.02 Å². The summed E-state index contributed by atoms with van der Waals surface area (Å²) in [6.07, 6.45) is -2.48. The molecule has 0 bridgehead atoms. The summed E-state index contributed by atoms with van der Waals surface area (Å²) in [7, 11) is 0. The Kier molecular flexibility index (Phi) is 2.22. The minimum Gasteiger partial charge on any atom is -0.205 e. The molecule has 54 valence electrons. The molecular formula is C7H5ClF2. The molecule has 0 saturated carbocycles. The summed E-state index contributed by atoms with van der Waals surface area (Å²) in [6.45, 7) is 0. The van der Waals surface area contributed by atoms with E-state index in [-0.39, 0.29) is 10.6 Å². The van der Waals surface area contributed by atoms with Crippen LogP contribution in [0, 0.1) is 0 Å². The molecule has 0 unspecified atom stereocenters. The Balaban J connectivity index is 3.03. The molecule has 0 fully saturated rings. The van der Waals surface area contributed by atoms with Crippen molar-refractivity contribution >= 4 is 11.6 Å². The third-order valence-corrected chi connectivity index (χ3v) is 1.48. The first-order valence-corrected chi connectivity index (χ1v) is 3.12. The van der Waals surface area contributed by atoms with Gasteiger partial charge in [0.15, 0.2) is 0 Å². The van der Waals surface area contributed by atoms with Crippen LogP contribution in [0.3, 0.4) is 0 Å². The van der Waals surface area contributed by atoms with Gasteiger partial charge < -0.3 is 0 Å². The molecule has 1 aromatic carbocycles. The Bertz CT molecular complexity index is 223. The van der Waals surface area contributed by atoms with Crippen molar-refractivity contribution in [2.24, 2.45) is 0 Å². The first-order chi connectivity index (χ1) is 4.72. The maximum atomic E-state index is 11.9. The van der Waals surface area contributed by atoms with Gasteiger partial charge in [0, 0.05) is 10.6 Å². The highest BCUT2D eigenvalue weighted by Crippen LogP contribution is 2.25. The first kappa shape index (κ1) is 7.48. The lowest BCUT2D eigenvalue weighted by molar-refractivity contribution is 0.151. The van der Waals surface area contributed by atoms with Crippen molar-refractivity contribution in [2.75, 3.05) is 0 Å². The Morgan fingerprint density at radius 2 is 1.80 bits per heavy atom.